The van der Waals surface area contributed by atoms with Crippen LogP contribution in [0.3, 0.4) is 0 Å². The number of rotatable bonds is 8. The van der Waals surface area contributed by atoms with Crippen molar-refractivity contribution in [2.24, 2.45) is 0 Å². The van der Waals surface area contributed by atoms with Gasteiger partial charge in [0, 0.05) is 31.5 Å². The molecule has 2 rings (SSSR count). The Morgan fingerprint density at radius 1 is 1.27 bits per heavy atom. The quantitative estimate of drug-likeness (QED) is 0.571. The van der Waals surface area contributed by atoms with Crippen molar-refractivity contribution in [2.45, 2.75) is 13.3 Å². The molecule has 0 saturated heterocycles. The van der Waals surface area contributed by atoms with Gasteiger partial charge in [0.25, 0.3) is 0 Å². The number of carbonyl (C=O) groups excluding carboxylic acids is 1. The molecule has 0 saturated carbocycles. The van der Waals surface area contributed by atoms with E-state index < -0.39 is 0 Å². The summed E-state index contributed by atoms with van der Waals surface area (Å²) < 4.78 is 4.98. The molecule has 116 valence electrons. The second-order valence-corrected chi connectivity index (χ2v) is 4.70. The second-order valence-electron chi connectivity index (χ2n) is 4.70. The smallest absolute Gasteiger partial charge is 0.249 e. The number of hydrogen-bond donors (Lipinski definition) is 2. The molecule has 0 aliphatic carbocycles. The average Bonchev–Trinajstić information content (AvgIpc) is 2.52. The Morgan fingerprint density at radius 3 is 2.73 bits per heavy atom. The molecule has 0 unspecified atom stereocenters. The fraction of sp³-hybridized carbons (Fsp3) is 0.333. The lowest BCUT2D eigenvalue weighted by Crippen LogP contribution is -2.08. The minimum Gasteiger partial charge on any atom is -0.385 e. The Morgan fingerprint density at radius 2 is 2.05 bits per heavy atom. The van der Waals surface area contributed by atoms with E-state index in [2.05, 4.69) is 25.8 Å². The lowest BCUT2D eigenvalue weighted by Gasteiger charge is -2.07. The number of anilines is 3. The van der Waals surface area contributed by atoms with E-state index >= 15 is 0 Å². The molecule has 0 spiro atoms. The molecular formula is C15H19N5O2. The number of benzene rings is 1. The molecule has 1 aromatic heterocycles. The first kappa shape index (κ1) is 15.8. The number of ether oxygens (including phenoxy) is 1. The van der Waals surface area contributed by atoms with E-state index in [1.807, 2.05) is 0 Å². The van der Waals surface area contributed by atoms with Crippen LogP contribution in [-0.2, 0) is 4.74 Å². The van der Waals surface area contributed by atoms with Crippen molar-refractivity contribution in [3.05, 3.63) is 36.0 Å². The van der Waals surface area contributed by atoms with Crippen LogP contribution in [0, 0.1) is 0 Å². The third-order valence-corrected chi connectivity index (χ3v) is 2.94. The van der Waals surface area contributed by atoms with Crippen LogP contribution >= 0.6 is 0 Å². The maximum absolute atomic E-state index is 11.2. The Hall–Kier alpha value is -2.54. The van der Waals surface area contributed by atoms with Crippen molar-refractivity contribution in [1.82, 2.24) is 15.2 Å². The monoisotopic (exact) mass is 301 g/mol. The molecule has 0 bridgehead atoms. The highest BCUT2D eigenvalue weighted by Crippen LogP contribution is 2.14. The minimum absolute atomic E-state index is 0.0340. The van der Waals surface area contributed by atoms with Crippen LogP contribution in [-0.4, -0.2) is 41.2 Å². The highest BCUT2D eigenvalue weighted by Gasteiger charge is 2.03. The van der Waals surface area contributed by atoms with Crippen LogP contribution in [0.5, 0.6) is 0 Å². The van der Waals surface area contributed by atoms with Gasteiger partial charge in [-0.05, 0) is 37.6 Å². The van der Waals surface area contributed by atoms with Gasteiger partial charge in [-0.25, -0.2) is 0 Å². The molecule has 7 heteroatoms. The van der Waals surface area contributed by atoms with E-state index in [0.717, 1.165) is 18.7 Å². The predicted octanol–water partition coefficient (Wildman–Crippen LogP) is 2.27. The standard InChI is InChI=1S/C15H19N5O2/c1-11(21)12-4-6-13(7-5-12)18-15-19-14(10-17-20-15)16-8-3-9-22-2/h4-7,10H,3,8-9H2,1-2H3,(H2,16,18,19,20). The zero-order chi connectivity index (χ0) is 15.8. The topological polar surface area (TPSA) is 89.0 Å². The number of carbonyl (C=O) groups is 1. The van der Waals surface area contributed by atoms with Crippen LogP contribution in [0.25, 0.3) is 0 Å². The first-order valence-corrected chi connectivity index (χ1v) is 6.99. The van der Waals surface area contributed by atoms with Crippen molar-refractivity contribution in [3.63, 3.8) is 0 Å². The lowest BCUT2D eigenvalue weighted by molar-refractivity contribution is 0.101. The van der Waals surface area contributed by atoms with Gasteiger partial charge in [-0.2, -0.15) is 10.1 Å². The van der Waals surface area contributed by atoms with Crippen LogP contribution in [0.1, 0.15) is 23.7 Å². The van der Waals surface area contributed by atoms with Gasteiger partial charge in [-0.1, -0.05) is 0 Å². The second kappa shape index (κ2) is 8.04. The van der Waals surface area contributed by atoms with Crippen LogP contribution in [0.4, 0.5) is 17.5 Å². The minimum atomic E-state index is 0.0340. The summed E-state index contributed by atoms with van der Waals surface area (Å²) >= 11 is 0. The molecule has 0 fully saturated rings. The van der Waals surface area contributed by atoms with Crippen LogP contribution in [0.2, 0.25) is 0 Å². The number of methoxy groups -OCH3 is 1. The van der Waals surface area contributed by atoms with Gasteiger partial charge >= 0.3 is 0 Å². The Bertz CT molecular complexity index is 616. The molecule has 7 nitrogen and oxygen atoms in total. The number of aromatic nitrogens is 3. The molecule has 22 heavy (non-hydrogen) atoms. The summed E-state index contributed by atoms with van der Waals surface area (Å²) in [7, 11) is 1.67. The molecule has 2 N–H and O–H groups in total. The van der Waals surface area contributed by atoms with Crippen molar-refractivity contribution < 1.29 is 9.53 Å². The maximum Gasteiger partial charge on any atom is 0.249 e. The largest absolute Gasteiger partial charge is 0.385 e. The van der Waals surface area contributed by atoms with Gasteiger partial charge in [-0.3, -0.25) is 4.79 Å². The van der Waals surface area contributed by atoms with E-state index in [9.17, 15) is 4.79 Å². The third-order valence-electron chi connectivity index (χ3n) is 2.94. The summed E-state index contributed by atoms with van der Waals surface area (Å²) in [5.74, 6) is 1.08. The molecule has 0 radical (unpaired) electrons. The van der Waals surface area contributed by atoms with Gasteiger partial charge in [0.1, 0.15) is 0 Å². The van der Waals surface area contributed by atoms with E-state index in [1.54, 1.807) is 37.6 Å². The van der Waals surface area contributed by atoms with E-state index in [-0.39, 0.29) is 5.78 Å². The number of hydrogen-bond acceptors (Lipinski definition) is 7. The van der Waals surface area contributed by atoms with Crippen molar-refractivity contribution in [2.75, 3.05) is 30.9 Å². The molecule has 0 aliphatic rings. The maximum atomic E-state index is 11.2. The molecule has 2 aromatic rings. The SMILES string of the molecule is COCCCNc1cnnc(Nc2ccc(C(C)=O)cc2)n1. The first-order chi connectivity index (χ1) is 10.7. The average molecular weight is 301 g/mol. The number of nitrogens with zero attached hydrogens (tertiary/aromatic N) is 3. The van der Waals surface area contributed by atoms with Crippen molar-refractivity contribution in [3.8, 4) is 0 Å². The van der Waals surface area contributed by atoms with Crippen LogP contribution in [0.15, 0.2) is 30.5 Å². The zero-order valence-corrected chi connectivity index (χ0v) is 12.7. The molecule has 1 aromatic carbocycles. The lowest BCUT2D eigenvalue weighted by atomic mass is 10.1. The van der Waals surface area contributed by atoms with Gasteiger partial charge in [-0.15, -0.1) is 5.10 Å². The number of nitrogens with one attached hydrogen (secondary N) is 2. The summed E-state index contributed by atoms with van der Waals surface area (Å²) in [6, 6.07) is 7.12. The Labute approximate surface area is 129 Å². The summed E-state index contributed by atoms with van der Waals surface area (Å²) in [6.07, 6.45) is 2.45. The Balaban J connectivity index is 1.96. The van der Waals surface area contributed by atoms with Crippen molar-refractivity contribution in [1.29, 1.82) is 0 Å². The summed E-state index contributed by atoms with van der Waals surface area (Å²) in [4.78, 5) is 15.6. The van der Waals surface area contributed by atoms with Gasteiger partial charge in [0.05, 0.1) is 6.20 Å². The normalized spacial score (nSPS) is 10.3. The molecule has 0 atom stereocenters. The summed E-state index contributed by atoms with van der Waals surface area (Å²) in [6.45, 7) is 2.98. The highest BCUT2D eigenvalue weighted by molar-refractivity contribution is 5.94. The van der Waals surface area contributed by atoms with E-state index in [0.29, 0.717) is 23.9 Å². The highest BCUT2D eigenvalue weighted by atomic mass is 16.5. The number of Topliss-reactive ketones (excluding diaryl/α,β-unsaturated/α-hetero) is 1. The molecule has 1 heterocycles. The van der Waals surface area contributed by atoms with Gasteiger partial charge < -0.3 is 15.4 Å². The summed E-state index contributed by atoms with van der Waals surface area (Å²) in [5, 5.41) is 14.0. The third kappa shape index (κ3) is 4.78. The first-order valence-electron chi connectivity index (χ1n) is 6.99. The molecule has 0 amide bonds. The van der Waals surface area contributed by atoms with E-state index in [4.69, 9.17) is 4.74 Å². The fourth-order valence-corrected chi connectivity index (χ4v) is 1.79. The van der Waals surface area contributed by atoms with Gasteiger partial charge in [0.15, 0.2) is 11.6 Å². The fourth-order valence-electron chi connectivity index (χ4n) is 1.79. The van der Waals surface area contributed by atoms with Crippen molar-refractivity contribution >= 4 is 23.2 Å². The van der Waals surface area contributed by atoms with E-state index in [1.165, 1.54) is 6.92 Å². The predicted molar refractivity (Wildman–Crippen MR) is 84.5 cm³/mol. The molecule has 0 aliphatic heterocycles. The molecular weight excluding hydrogens is 282 g/mol. The van der Waals surface area contributed by atoms with Gasteiger partial charge in [0.2, 0.25) is 5.95 Å². The Kier molecular flexibility index (Phi) is 5.79. The summed E-state index contributed by atoms with van der Waals surface area (Å²) in [5.41, 5.74) is 1.46. The number of ketones is 1. The zero-order valence-electron chi connectivity index (χ0n) is 12.7. The van der Waals surface area contributed by atoms with Crippen LogP contribution < -0.4 is 10.6 Å².